The van der Waals surface area contributed by atoms with Crippen LogP contribution >= 0.6 is 11.3 Å². The minimum absolute atomic E-state index is 0.00184. The number of likely N-dealkylation sites (tertiary alicyclic amines) is 1. The zero-order valence-corrected chi connectivity index (χ0v) is 15.8. The van der Waals surface area contributed by atoms with Gasteiger partial charge in [-0.05, 0) is 52.3 Å². The van der Waals surface area contributed by atoms with E-state index in [4.69, 9.17) is 0 Å². The molecule has 0 bridgehead atoms. The number of piperidine rings is 1. The third-order valence-corrected chi connectivity index (χ3v) is 5.60. The standard InChI is InChI=1S/C18H29N3O2S/c1-4-19-17(22)16-10-9-15(24-16)13-20-11-7-8-14(12-20)18(23)21(5-2)6-3/h9-10,14H,4-8,11-13H2,1-3H3,(H,19,22). The van der Waals surface area contributed by atoms with Crippen molar-refractivity contribution in [3.05, 3.63) is 21.9 Å². The Morgan fingerprint density at radius 2 is 2.04 bits per heavy atom. The van der Waals surface area contributed by atoms with Gasteiger partial charge in [0.05, 0.1) is 10.8 Å². The van der Waals surface area contributed by atoms with Gasteiger partial charge in [-0.15, -0.1) is 11.3 Å². The molecule has 1 aliphatic rings. The Bertz CT molecular complexity index is 554. The van der Waals surface area contributed by atoms with Crippen molar-refractivity contribution in [3.8, 4) is 0 Å². The van der Waals surface area contributed by atoms with Gasteiger partial charge in [-0.3, -0.25) is 14.5 Å². The van der Waals surface area contributed by atoms with E-state index in [0.29, 0.717) is 12.5 Å². The van der Waals surface area contributed by atoms with Crippen LogP contribution in [0.2, 0.25) is 0 Å². The highest BCUT2D eigenvalue weighted by Gasteiger charge is 2.28. The quantitative estimate of drug-likeness (QED) is 0.821. The van der Waals surface area contributed by atoms with Crippen LogP contribution in [0.1, 0.15) is 48.2 Å². The first-order valence-corrected chi connectivity index (χ1v) is 9.78. The predicted octanol–water partition coefficient (Wildman–Crippen LogP) is 2.58. The number of carbonyl (C=O) groups is 2. The van der Waals surface area contributed by atoms with E-state index in [1.165, 1.54) is 4.88 Å². The van der Waals surface area contributed by atoms with E-state index >= 15 is 0 Å². The molecule has 2 heterocycles. The zero-order valence-electron chi connectivity index (χ0n) is 15.0. The van der Waals surface area contributed by atoms with Crippen molar-refractivity contribution in [1.29, 1.82) is 0 Å². The van der Waals surface area contributed by atoms with Crippen LogP contribution in [0, 0.1) is 5.92 Å². The van der Waals surface area contributed by atoms with Crippen LogP contribution < -0.4 is 5.32 Å². The highest BCUT2D eigenvalue weighted by atomic mass is 32.1. The maximum absolute atomic E-state index is 12.6. The number of hydrogen-bond acceptors (Lipinski definition) is 4. The molecule has 24 heavy (non-hydrogen) atoms. The molecule has 6 heteroatoms. The Balaban J connectivity index is 1.93. The Kier molecular flexibility index (Phi) is 7.24. The first kappa shape index (κ1) is 18.9. The van der Waals surface area contributed by atoms with Crippen molar-refractivity contribution in [2.75, 3.05) is 32.7 Å². The van der Waals surface area contributed by atoms with E-state index < -0.39 is 0 Å². The lowest BCUT2D eigenvalue weighted by Gasteiger charge is -2.34. The average molecular weight is 352 g/mol. The molecule has 2 rings (SSSR count). The van der Waals surface area contributed by atoms with Crippen LogP contribution in [0.5, 0.6) is 0 Å². The van der Waals surface area contributed by atoms with Crippen molar-refractivity contribution in [1.82, 2.24) is 15.1 Å². The van der Waals surface area contributed by atoms with Gasteiger partial charge in [0.25, 0.3) is 5.91 Å². The number of nitrogens with zero attached hydrogens (tertiary/aromatic N) is 2. The van der Waals surface area contributed by atoms with Crippen LogP contribution in [-0.2, 0) is 11.3 Å². The molecule has 0 radical (unpaired) electrons. The largest absolute Gasteiger partial charge is 0.352 e. The molecule has 134 valence electrons. The lowest BCUT2D eigenvalue weighted by atomic mass is 9.96. The molecule has 0 spiro atoms. The molecule has 1 aromatic heterocycles. The third kappa shape index (κ3) is 4.80. The molecule has 0 aliphatic carbocycles. The lowest BCUT2D eigenvalue weighted by Crippen LogP contribution is -2.44. The second kappa shape index (κ2) is 9.18. The molecule has 0 aromatic carbocycles. The van der Waals surface area contributed by atoms with Crippen LogP contribution in [0.3, 0.4) is 0 Å². The monoisotopic (exact) mass is 351 g/mol. The lowest BCUT2D eigenvalue weighted by molar-refractivity contribution is -0.137. The molecular formula is C18H29N3O2S. The van der Waals surface area contributed by atoms with Crippen molar-refractivity contribution in [3.63, 3.8) is 0 Å². The number of hydrogen-bond donors (Lipinski definition) is 1. The van der Waals surface area contributed by atoms with Gasteiger partial charge >= 0.3 is 0 Å². The molecule has 0 saturated carbocycles. The van der Waals surface area contributed by atoms with Crippen molar-refractivity contribution < 1.29 is 9.59 Å². The Morgan fingerprint density at radius 1 is 1.29 bits per heavy atom. The van der Waals surface area contributed by atoms with E-state index in [2.05, 4.69) is 10.2 Å². The van der Waals surface area contributed by atoms with Gasteiger partial charge in [0.2, 0.25) is 5.91 Å². The smallest absolute Gasteiger partial charge is 0.261 e. The molecule has 1 fully saturated rings. The minimum atomic E-state index is 0.00184. The molecule has 1 atom stereocenters. The van der Waals surface area contributed by atoms with Crippen molar-refractivity contribution >= 4 is 23.2 Å². The van der Waals surface area contributed by atoms with E-state index in [1.807, 2.05) is 37.8 Å². The van der Waals surface area contributed by atoms with Crippen LogP contribution in [0.15, 0.2) is 12.1 Å². The van der Waals surface area contributed by atoms with E-state index in [-0.39, 0.29) is 11.8 Å². The SMILES string of the molecule is CCNC(=O)c1ccc(CN2CCCC(C(=O)N(CC)CC)C2)s1. The van der Waals surface area contributed by atoms with Gasteiger partial charge in [-0.2, -0.15) is 0 Å². The summed E-state index contributed by atoms with van der Waals surface area (Å²) in [5.41, 5.74) is 0. The summed E-state index contributed by atoms with van der Waals surface area (Å²) in [6.45, 7) is 10.9. The topological polar surface area (TPSA) is 52.7 Å². The number of amides is 2. The second-order valence-electron chi connectivity index (χ2n) is 6.21. The Hall–Kier alpha value is -1.40. The zero-order chi connectivity index (χ0) is 17.5. The molecule has 1 N–H and O–H groups in total. The van der Waals surface area contributed by atoms with Gasteiger partial charge in [-0.1, -0.05) is 0 Å². The second-order valence-corrected chi connectivity index (χ2v) is 7.38. The molecule has 1 saturated heterocycles. The molecule has 1 unspecified atom stereocenters. The number of rotatable bonds is 7. The summed E-state index contributed by atoms with van der Waals surface area (Å²) in [6.07, 6.45) is 2.05. The number of thiophene rings is 1. The van der Waals surface area contributed by atoms with Crippen LogP contribution in [0.25, 0.3) is 0 Å². The fraction of sp³-hybridized carbons (Fsp3) is 0.667. The highest BCUT2D eigenvalue weighted by molar-refractivity contribution is 7.14. The summed E-state index contributed by atoms with van der Waals surface area (Å²) in [7, 11) is 0. The van der Waals surface area contributed by atoms with Gasteiger partial charge in [-0.25, -0.2) is 0 Å². The summed E-state index contributed by atoms with van der Waals surface area (Å²) in [5, 5.41) is 2.83. The summed E-state index contributed by atoms with van der Waals surface area (Å²) in [6, 6.07) is 3.93. The molecular weight excluding hydrogens is 322 g/mol. The normalized spacial score (nSPS) is 18.4. The molecule has 1 aliphatic heterocycles. The summed E-state index contributed by atoms with van der Waals surface area (Å²) in [5.74, 6) is 0.405. The fourth-order valence-corrected chi connectivity index (χ4v) is 4.21. The molecule has 1 aromatic rings. The molecule has 5 nitrogen and oxygen atoms in total. The maximum Gasteiger partial charge on any atom is 0.261 e. The fourth-order valence-electron chi connectivity index (χ4n) is 3.25. The summed E-state index contributed by atoms with van der Waals surface area (Å²) in [4.78, 5) is 30.7. The Labute approximate surface area is 149 Å². The first-order chi connectivity index (χ1) is 11.6. The van der Waals surface area contributed by atoms with Crippen LogP contribution in [-0.4, -0.2) is 54.3 Å². The van der Waals surface area contributed by atoms with Gasteiger partial charge in [0, 0.05) is 37.6 Å². The first-order valence-electron chi connectivity index (χ1n) is 8.97. The summed E-state index contributed by atoms with van der Waals surface area (Å²) < 4.78 is 0. The summed E-state index contributed by atoms with van der Waals surface area (Å²) >= 11 is 1.55. The van der Waals surface area contributed by atoms with E-state index in [1.54, 1.807) is 11.3 Å². The van der Waals surface area contributed by atoms with E-state index in [9.17, 15) is 9.59 Å². The minimum Gasteiger partial charge on any atom is -0.352 e. The number of carbonyl (C=O) groups excluding carboxylic acids is 2. The van der Waals surface area contributed by atoms with Gasteiger partial charge in [0.15, 0.2) is 0 Å². The van der Waals surface area contributed by atoms with Crippen LogP contribution in [0.4, 0.5) is 0 Å². The Morgan fingerprint density at radius 3 is 2.71 bits per heavy atom. The predicted molar refractivity (Wildman–Crippen MR) is 98.3 cm³/mol. The molecule has 2 amide bonds. The van der Waals surface area contributed by atoms with Gasteiger partial charge < -0.3 is 10.2 Å². The van der Waals surface area contributed by atoms with Crippen molar-refractivity contribution in [2.45, 2.75) is 40.2 Å². The highest BCUT2D eigenvalue weighted by Crippen LogP contribution is 2.23. The number of nitrogens with one attached hydrogen (secondary N) is 1. The van der Waals surface area contributed by atoms with Crippen molar-refractivity contribution in [2.24, 2.45) is 5.92 Å². The average Bonchev–Trinajstić information content (AvgIpc) is 3.05. The van der Waals surface area contributed by atoms with Gasteiger partial charge in [0.1, 0.15) is 0 Å². The maximum atomic E-state index is 12.6. The third-order valence-electron chi connectivity index (χ3n) is 4.53. The van der Waals surface area contributed by atoms with E-state index in [0.717, 1.165) is 50.4 Å².